The largest absolute Gasteiger partial charge is 0.122 e. The van der Waals surface area contributed by atoms with Crippen LogP contribution >= 0.6 is 11.6 Å². The topological polar surface area (TPSA) is 0 Å². The third-order valence-corrected chi connectivity index (χ3v) is 3.40. The molecule has 0 heterocycles. The van der Waals surface area contributed by atoms with Crippen LogP contribution in [0, 0.1) is 17.8 Å². The standard InChI is InChI=1S/C9H13Cl/c1-5-3-6(2)8-7(4-5)9(8)10/h4,6-9H,3H2,1-2H3. The summed E-state index contributed by atoms with van der Waals surface area (Å²) in [6.07, 6.45) is 3.63. The van der Waals surface area contributed by atoms with Gasteiger partial charge in [-0.3, -0.25) is 0 Å². The fourth-order valence-electron chi connectivity index (χ4n) is 2.26. The highest BCUT2D eigenvalue weighted by Crippen LogP contribution is 2.54. The fraction of sp³-hybridized carbons (Fsp3) is 0.778. The molecule has 1 saturated carbocycles. The summed E-state index contributed by atoms with van der Waals surface area (Å²) < 4.78 is 0. The lowest BCUT2D eigenvalue weighted by atomic mass is 9.91. The molecule has 2 rings (SSSR count). The highest BCUT2D eigenvalue weighted by atomic mass is 35.5. The average Bonchev–Trinajstić information content (AvgIpc) is 2.42. The van der Waals surface area contributed by atoms with Crippen LogP contribution in [0.1, 0.15) is 20.3 Å². The Labute approximate surface area is 67.3 Å². The van der Waals surface area contributed by atoms with E-state index in [0.29, 0.717) is 5.38 Å². The second kappa shape index (κ2) is 2.01. The molecular weight excluding hydrogens is 144 g/mol. The minimum Gasteiger partial charge on any atom is -0.122 e. The Morgan fingerprint density at radius 2 is 2.30 bits per heavy atom. The minimum atomic E-state index is 0.465. The SMILES string of the molecule is CC1=CC2C(Cl)C2C(C)C1. The molecule has 0 radical (unpaired) electrons. The highest BCUT2D eigenvalue weighted by molar-refractivity contribution is 6.23. The van der Waals surface area contributed by atoms with Gasteiger partial charge in [0, 0.05) is 5.38 Å². The van der Waals surface area contributed by atoms with E-state index in [1.54, 1.807) is 0 Å². The van der Waals surface area contributed by atoms with Crippen LogP contribution in [0.25, 0.3) is 0 Å². The van der Waals surface area contributed by atoms with Crippen molar-refractivity contribution in [2.24, 2.45) is 17.8 Å². The van der Waals surface area contributed by atoms with Crippen LogP contribution in [0.2, 0.25) is 0 Å². The fourth-order valence-corrected chi connectivity index (χ4v) is 2.83. The normalized spacial score (nSPS) is 51.7. The Kier molecular flexibility index (Phi) is 1.35. The second-order valence-corrected chi connectivity index (χ2v) is 4.30. The predicted octanol–water partition coefficient (Wildman–Crippen LogP) is 2.83. The lowest BCUT2D eigenvalue weighted by molar-refractivity contribution is 0.470. The number of allylic oxidation sites excluding steroid dienone is 2. The predicted molar refractivity (Wildman–Crippen MR) is 44.2 cm³/mol. The van der Waals surface area contributed by atoms with Gasteiger partial charge >= 0.3 is 0 Å². The summed E-state index contributed by atoms with van der Waals surface area (Å²) in [5.41, 5.74) is 1.54. The molecule has 0 saturated heterocycles. The summed E-state index contributed by atoms with van der Waals surface area (Å²) in [6, 6.07) is 0. The van der Waals surface area contributed by atoms with Gasteiger partial charge in [-0.15, -0.1) is 11.6 Å². The van der Waals surface area contributed by atoms with Crippen LogP contribution in [0.4, 0.5) is 0 Å². The van der Waals surface area contributed by atoms with Gasteiger partial charge in [-0.05, 0) is 31.1 Å². The maximum atomic E-state index is 6.07. The second-order valence-electron chi connectivity index (χ2n) is 3.79. The molecule has 2 aliphatic carbocycles. The lowest BCUT2D eigenvalue weighted by Gasteiger charge is -2.14. The van der Waals surface area contributed by atoms with Gasteiger partial charge in [0.1, 0.15) is 0 Å². The molecule has 56 valence electrons. The molecule has 4 unspecified atom stereocenters. The number of hydrogen-bond donors (Lipinski definition) is 0. The van der Waals surface area contributed by atoms with E-state index in [4.69, 9.17) is 11.6 Å². The molecule has 10 heavy (non-hydrogen) atoms. The Hall–Kier alpha value is 0.0300. The van der Waals surface area contributed by atoms with Crippen LogP contribution in [0.3, 0.4) is 0 Å². The van der Waals surface area contributed by atoms with Crippen molar-refractivity contribution in [1.82, 2.24) is 0 Å². The van der Waals surface area contributed by atoms with Gasteiger partial charge < -0.3 is 0 Å². The van der Waals surface area contributed by atoms with E-state index in [1.165, 1.54) is 12.0 Å². The summed E-state index contributed by atoms with van der Waals surface area (Å²) in [7, 11) is 0. The zero-order valence-electron chi connectivity index (χ0n) is 6.47. The van der Waals surface area contributed by atoms with E-state index in [0.717, 1.165) is 17.8 Å². The zero-order valence-corrected chi connectivity index (χ0v) is 7.23. The summed E-state index contributed by atoms with van der Waals surface area (Å²) in [5.74, 6) is 2.37. The van der Waals surface area contributed by atoms with Crippen molar-refractivity contribution in [1.29, 1.82) is 0 Å². The molecule has 0 nitrogen and oxygen atoms in total. The summed E-state index contributed by atoms with van der Waals surface area (Å²) in [5, 5.41) is 0.465. The van der Waals surface area contributed by atoms with Gasteiger partial charge in [0.2, 0.25) is 0 Å². The molecular formula is C9H13Cl. The first-order valence-electron chi connectivity index (χ1n) is 4.01. The number of alkyl halides is 1. The van der Waals surface area contributed by atoms with E-state index in [1.807, 2.05) is 0 Å². The van der Waals surface area contributed by atoms with Crippen molar-refractivity contribution in [3.8, 4) is 0 Å². The number of halogens is 1. The molecule has 0 aromatic heterocycles. The quantitative estimate of drug-likeness (QED) is 0.374. The smallest absolute Gasteiger partial charge is 0.0439 e. The Morgan fingerprint density at radius 3 is 2.90 bits per heavy atom. The molecule has 1 fully saturated rings. The van der Waals surface area contributed by atoms with Gasteiger partial charge in [-0.2, -0.15) is 0 Å². The van der Waals surface area contributed by atoms with E-state index in [-0.39, 0.29) is 0 Å². The average molecular weight is 157 g/mol. The number of hydrogen-bond acceptors (Lipinski definition) is 0. The van der Waals surface area contributed by atoms with Gasteiger partial charge in [-0.25, -0.2) is 0 Å². The maximum Gasteiger partial charge on any atom is 0.0439 e. The number of rotatable bonds is 0. The molecule has 4 atom stereocenters. The van der Waals surface area contributed by atoms with Crippen LogP contribution in [0.15, 0.2) is 11.6 Å². The van der Waals surface area contributed by atoms with Crippen LogP contribution in [0.5, 0.6) is 0 Å². The molecule has 0 N–H and O–H groups in total. The Bertz CT molecular complexity index is 183. The molecule has 0 amide bonds. The first kappa shape index (κ1) is 6.72. The molecule has 0 bridgehead atoms. The van der Waals surface area contributed by atoms with Crippen molar-refractivity contribution in [2.75, 3.05) is 0 Å². The van der Waals surface area contributed by atoms with Crippen LogP contribution in [-0.2, 0) is 0 Å². The van der Waals surface area contributed by atoms with E-state index in [9.17, 15) is 0 Å². The van der Waals surface area contributed by atoms with Crippen molar-refractivity contribution in [3.63, 3.8) is 0 Å². The summed E-state index contributed by atoms with van der Waals surface area (Å²) in [4.78, 5) is 0. The molecule has 1 heteroatoms. The van der Waals surface area contributed by atoms with Crippen LogP contribution in [-0.4, -0.2) is 5.38 Å². The van der Waals surface area contributed by atoms with E-state index >= 15 is 0 Å². The molecule has 0 aromatic carbocycles. The molecule has 0 aliphatic heterocycles. The Morgan fingerprint density at radius 1 is 1.60 bits per heavy atom. The van der Waals surface area contributed by atoms with Crippen molar-refractivity contribution < 1.29 is 0 Å². The van der Waals surface area contributed by atoms with E-state index in [2.05, 4.69) is 19.9 Å². The zero-order chi connectivity index (χ0) is 7.30. The molecule has 0 aromatic rings. The molecule has 2 aliphatic rings. The third kappa shape index (κ3) is 0.818. The molecule has 0 spiro atoms. The maximum absolute atomic E-state index is 6.07. The van der Waals surface area contributed by atoms with Crippen LogP contribution < -0.4 is 0 Å². The third-order valence-electron chi connectivity index (χ3n) is 2.82. The monoisotopic (exact) mass is 156 g/mol. The van der Waals surface area contributed by atoms with Gasteiger partial charge in [0.05, 0.1) is 0 Å². The van der Waals surface area contributed by atoms with Crippen molar-refractivity contribution in [3.05, 3.63) is 11.6 Å². The van der Waals surface area contributed by atoms with Gasteiger partial charge in [0.25, 0.3) is 0 Å². The van der Waals surface area contributed by atoms with Crippen molar-refractivity contribution >= 4 is 11.6 Å². The first-order valence-corrected chi connectivity index (χ1v) is 4.45. The summed E-state index contributed by atoms with van der Waals surface area (Å²) >= 11 is 6.07. The Balaban J connectivity index is 2.18. The highest BCUT2D eigenvalue weighted by Gasteiger charge is 2.51. The minimum absolute atomic E-state index is 0.465. The van der Waals surface area contributed by atoms with Gasteiger partial charge in [0.15, 0.2) is 0 Å². The number of fused-ring (bicyclic) bond motifs is 1. The van der Waals surface area contributed by atoms with E-state index < -0.39 is 0 Å². The summed E-state index contributed by atoms with van der Waals surface area (Å²) in [6.45, 7) is 4.53. The van der Waals surface area contributed by atoms with Crippen molar-refractivity contribution in [2.45, 2.75) is 25.6 Å². The lowest BCUT2D eigenvalue weighted by Crippen LogP contribution is -2.04. The first-order chi connectivity index (χ1) is 4.70. The van der Waals surface area contributed by atoms with Gasteiger partial charge in [-0.1, -0.05) is 18.6 Å².